The molecule has 4 fully saturated rings. The fraction of sp³-hybridized carbons (Fsp3) is 0.857. The number of hydrogen-bond donors (Lipinski definition) is 3. The first-order chi connectivity index (χ1) is 9.17. The van der Waals surface area contributed by atoms with Crippen LogP contribution in [0.15, 0.2) is 0 Å². The van der Waals surface area contributed by atoms with Crippen LogP contribution in [0.4, 0.5) is 0 Å². The summed E-state index contributed by atoms with van der Waals surface area (Å²) in [6.07, 6.45) is 6.64. The largest absolute Gasteiger partial charge is 0.355 e. The molecule has 4 saturated carbocycles. The fourth-order valence-corrected chi connectivity index (χ4v) is 4.84. The summed E-state index contributed by atoms with van der Waals surface area (Å²) in [6.45, 7) is 0.394. The Morgan fingerprint density at radius 3 is 2.11 bits per heavy atom. The van der Waals surface area contributed by atoms with Crippen LogP contribution in [0.2, 0.25) is 0 Å². The van der Waals surface area contributed by atoms with Crippen molar-refractivity contribution in [2.45, 2.75) is 38.5 Å². The Kier molecular flexibility index (Phi) is 3.48. The van der Waals surface area contributed by atoms with E-state index in [1.54, 1.807) is 0 Å². The van der Waals surface area contributed by atoms with E-state index in [9.17, 15) is 9.59 Å². The molecular weight excluding hydrogens is 242 g/mol. The van der Waals surface area contributed by atoms with Gasteiger partial charge in [0.25, 0.3) is 0 Å². The lowest BCUT2D eigenvalue weighted by atomic mass is 9.51. The molecule has 0 unspecified atom stereocenters. The van der Waals surface area contributed by atoms with Crippen molar-refractivity contribution in [3.8, 4) is 0 Å². The molecule has 5 nitrogen and oxygen atoms in total. The van der Waals surface area contributed by atoms with Gasteiger partial charge in [0.2, 0.25) is 11.8 Å². The average Bonchev–Trinajstić information content (AvgIpc) is 2.37. The number of carbonyl (C=O) groups is 2. The molecule has 0 aliphatic heterocycles. The highest BCUT2D eigenvalue weighted by atomic mass is 16.2. The molecule has 0 spiro atoms. The second-order valence-electron chi connectivity index (χ2n) is 6.57. The summed E-state index contributed by atoms with van der Waals surface area (Å²) in [5, 5.41) is 2.92. The molecule has 2 amide bonds. The van der Waals surface area contributed by atoms with E-state index in [1.165, 1.54) is 32.1 Å². The molecule has 106 valence electrons. The van der Waals surface area contributed by atoms with Crippen LogP contribution in [0, 0.1) is 29.6 Å². The standard InChI is InChI=1S/C14H23N3O2/c15-17-12(18)1-2-16-14(19)13-10-4-8-3-9(6-10)7-11(13)5-8/h8-11,13H,1-7,15H2,(H,16,19)(H,17,18). The number of hydrogen-bond acceptors (Lipinski definition) is 3. The van der Waals surface area contributed by atoms with Gasteiger partial charge >= 0.3 is 0 Å². The summed E-state index contributed by atoms with van der Waals surface area (Å²) < 4.78 is 0. The second kappa shape index (κ2) is 5.12. The number of nitrogens with two attached hydrogens (primary N) is 1. The molecule has 0 radical (unpaired) electrons. The van der Waals surface area contributed by atoms with E-state index in [4.69, 9.17) is 5.84 Å². The molecule has 5 heteroatoms. The molecule has 0 aromatic heterocycles. The molecule has 0 saturated heterocycles. The van der Waals surface area contributed by atoms with Gasteiger partial charge in [-0.3, -0.25) is 15.0 Å². The van der Waals surface area contributed by atoms with Gasteiger partial charge in [-0.25, -0.2) is 5.84 Å². The van der Waals surface area contributed by atoms with Crippen molar-refractivity contribution in [3.63, 3.8) is 0 Å². The first kappa shape index (κ1) is 12.9. The minimum Gasteiger partial charge on any atom is -0.355 e. The van der Waals surface area contributed by atoms with Gasteiger partial charge in [0.15, 0.2) is 0 Å². The van der Waals surface area contributed by atoms with Crippen molar-refractivity contribution >= 4 is 11.8 Å². The molecule has 4 aliphatic carbocycles. The highest BCUT2D eigenvalue weighted by Crippen LogP contribution is 2.56. The Bertz CT molecular complexity index is 355. The zero-order valence-electron chi connectivity index (χ0n) is 11.2. The van der Waals surface area contributed by atoms with E-state index in [2.05, 4.69) is 10.7 Å². The normalized spacial score (nSPS) is 39.1. The van der Waals surface area contributed by atoms with E-state index in [0.29, 0.717) is 18.4 Å². The van der Waals surface area contributed by atoms with Gasteiger partial charge in [-0.05, 0) is 55.8 Å². The van der Waals surface area contributed by atoms with Crippen molar-refractivity contribution in [2.24, 2.45) is 35.4 Å². The van der Waals surface area contributed by atoms with Gasteiger partial charge in [0.1, 0.15) is 0 Å². The van der Waals surface area contributed by atoms with Crippen LogP contribution in [-0.4, -0.2) is 18.4 Å². The van der Waals surface area contributed by atoms with Crippen LogP contribution in [-0.2, 0) is 9.59 Å². The molecule has 4 aliphatic rings. The Hall–Kier alpha value is -1.10. The SMILES string of the molecule is NNC(=O)CCNC(=O)C1C2CC3CC(C2)CC1C3. The van der Waals surface area contributed by atoms with E-state index >= 15 is 0 Å². The maximum Gasteiger partial charge on any atom is 0.235 e. The van der Waals surface area contributed by atoms with Crippen LogP contribution in [0.3, 0.4) is 0 Å². The molecule has 0 aromatic rings. The van der Waals surface area contributed by atoms with Crippen molar-refractivity contribution in [2.75, 3.05) is 6.54 Å². The van der Waals surface area contributed by atoms with Gasteiger partial charge in [0.05, 0.1) is 0 Å². The van der Waals surface area contributed by atoms with Crippen LogP contribution in [0.5, 0.6) is 0 Å². The number of amides is 2. The first-order valence-electron chi connectivity index (χ1n) is 7.44. The third-order valence-corrected chi connectivity index (χ3v) is 5.34. The maximum absolute atomic E-state index is 12.3. The molecule has 19 heavy (non-hydrogen) atoms. The molecule has 0 aromatic carbocycles. The topological polar surface area (TPSA) is 84.2 Å². The summed E-state index contributed by atoms with van der Waals surface area (Å²) in [4.78, 5) is 23.4. The van der Waals surface area contributed by atoms with Crippen LogP contribution in [0.1, 0.15) is 38.5 Å². The van der Waals surface area contributed by atoms with Crippen LogP contribution >= 0.6 is 0 Å². The number of nitrogens with one attached hydrogen (secondary N) is 2. The maximum atomic E-state index is 12.3. The average molecular weight is 265 g/mol. The molecule has 4 bridgehead atoms. The predicted octanol–water partition coefficient (Wildman–Crippen LogP) is 0.555. The third-order valence-electron chi connectivity index (χ3n) is 5.34. The van der Waals surface area contributed by atoms with E-state index in [-0.39, 0.29) is 24.2 Å². The molecule has 0 atom stereocenters. The minimum atomic E-state index is -0.231. The molecule has 4 rings (SSSR count). The third kappa shape index (κ3) is 2.48. The molecule has 4 N–H and O–H groups in total. The number of rotatable bonds is 4. The van der Waals surface area contributed by atoms with Crippen molar-refractivity contribution in [1.82, 2.24) is 10.7 Å². The first-order valence-corrected chi connectivity index (χ1v) is 7.44. The summed E-state index contributed by atoms with van der Waals surface area (Å²) >= 11 is 0. The number of carbonyl (C=O) groups excluding carboxylic acids is 2. The monoisotopic (exact) mass is 265 g/mol. The highest BCUT2D eigenvalue weighted by Gasteiger charge is 2.50. The van der Waals surface area contributed by atoms with Crippen LogP contribution in [0.25, 0.3) is 0 Å². The van der Waals surface area contributed by atoms with E-state index < -0.39 is 0 Å². The Morgan fingerprint density at radius 2 is 1.58 bits per heavy atom. The lowest BCUT2D eigenvalue weighted by Gasteiger charge is -2.53. The predicted molar refractivity (Wildman–Crippen MR) is 70.5 cm³/mol. The van der Waals surface area contributed by atoms with Crippen molar-refractivity contribution in [1.29, 1.82) is 0 Å². The Balaban J connectivity index is 1.54. The zero-order chi connectivity index (χ0) is 13.4. The summed E-state index contributed by atoms with van der Waals surface area (Å²) in [5.74, 6) is 8.11. The van der Waals surface area contributed by atoms with Gasteiger partial charge in [-0.1, -0.05) is 0 Å². The second-order valence-corrected chi connectivity index (χ2v) is 6.57. The smallest absolute Gasteiger partial charge is 0.235 e. The van der Waals surface area contributed by atoms with Crippen LogP contribution < -0.4 is 16.6 Å². The van der Waals surface area contributed by atoms with Crippen molar-refractivity contribution in [3.05, 3.63) is 0 Å². The van der Waals surface area contributed by atoms with Gasteiger partial charge in [0, 0.05) is 18.9 Å². The molecule has 0 heterocycles. The summed E-state index contributed by atoms with van der Waals surface area (Å²) in [7, 11) is 0. The van der Waals surface area contributed by atoms with E-state index in [1.807, 2.05) is 0 Å². The van der Waals surface area contributed by atoms with E-state index in [0.717, 1.165) is 11.8 Å². The highest BCUT2D eigenvalue weighted by molar-refractivity contribution is 5.81. The Labute approximate surface area is 113 Å². The fourth-order valence-electron chi connectivity index (χ4n) is 4.84. The Morgan fingerprint density at radius 1 is 1.00 bits per heavy atom. The van der Waals surface area contributed by atoms with Gasteiger partial charge in [-0.15, -0.1) is 0 Å². The lowest BCUT2D eigenvalue weighted by Crippen LogP contribution is -2.51. The summed E-state index contributed by atoms with van der Waals surface area (Å²) in [6, 6.07) is 0. The quantitative estimate of drug-likeness (QED) is 0.394. The van der Waals surface area contributed by atoms with Crippen molar-refractivity contribution < 1.29 is 9.59 Å². The van der Waals surface area contributed by atoms with Gasteiger partial charge < -0.3 is 5.32 Å². The lowest BCUT2D eigenvalue weighted by molar-refractivity contribution is -0.138. The number of hydrazine groups is 1. The minimum absolute atomic E-state index is 0.165. The zero-order valence-corrected chi connectivity index (χ0v) is 11.2. The van der Waals surface area contributed by atoms with Gasteiger partial charge in [-0.2, -0.15) is 0 Å². The summed E-state index contributed by atoms with van der Waals surface area (Å²) in [5.41, 5.74) is 2.08. The molecular formula is C14H23N3O2.